The van der Waals surface area contributed by atoms with Crippen molar-refractivity contribution in [1.29, 1.82) is 0 Å². The minimum absolute atomic E-state index is 0.248. The average Bonchev–Trinajstić information content (AvgIpc) is 2.95. The molecule has 0 saturated carbocycles. The summed E-state index contributed by atoms with van der Waals surface area (Å²) >= 11 is 10.7. The van der Waals surface area contributed by atoms with E-state index in [0.29, 0.717) is 23.9 Å². The Balaban J connectivity index is 1.80. The van der Waals surface area contributed by atoms with Gasteiger partial charge in [0, 0.05) is 13.1 Å². The average molecular weight is 438 g/mol. The number of nitrogens with one attached hydrogen (secondary N) is 1. The molecule has 23 heavy (non-hydrogen) atoms. The van der Waals surface area contributed by atoms with Crippen molar-refractivity contribution in [1.82, 2.24) is 0 Å². The highest BCUT2D eigenvalue weighted by Crippen LogP contribution is 2.32. The van der Waals surface area contributed by atoms with Crippen molar-refractivity contribution in [3.8, 4) is 0 Å². The number of thiophene rings is 1. The zero-order valence-corrected chi connectivity index (χ0v) is 15.9. The molecule has 9 heteroatoms. The highest BCUT2D eigenvalue weighted by atomic mass is 79.9. The Labute approximate surface area is 152 Å². The first-order chi connectivity index (χ1) is 11.0. The smallest absolute Gasteiger partial charge is 0.271 e. The van der Waals surface area contributed by atoms with Gasteiger partial charge in [0.05, 0.1) is 33.4 Å². The van der Waals surface area contributed by atoms with Gasteiger partial charge in [-0.15, -0.1) is 11.3 Å². The SMILES string of the molecule is O=S(=O)(Nc1ccc(N2CCOCC2)c(Cl)c1)c1ccc(Br)s1. The minimum Gasteiger partial charge on any atom is -0.378 e. The van der Waals surface area contributed by atoms with Gasteiger partial charge in [0.25, 0.3) is 10.0 Å². The van der Waals surface area contributed by atoms with E-state index in [1.165, 1.54) is 0 Å². The molecule has 1 fully saturated rings. The van der Waals surface area contributed by atoms with Gasteiger partial charge in [0.15, 0.2) is 0 Å². The van der Waals surface area contributed by atoms with Crippen LogP contribution in [0.3, 0.4) is 0 Å². The van der Waals surface area contributed by atoms with Crippen molar-refractivity contribution in [3.05, 3.63) is 39.1 Å². The maximum Gasteiger partial charge on any atom is 0.271 e. The number of nitrogens with zero attached hydrogens (tertiary/aromatic N) is 1. The minimum atomic E-state index is -3.60. The maximum absolute atomic E-state index is 12.3. The third-order valence-corrected chi connectivity index (χ3v) is 7.16. The Morgan fingerprint density at radius 2 is 1.96 bits per heavy atom. The molecule has 1 aliphatic rings. The van der Waals surface area contributed by atoms with E-state index in [-0.39, 0.29) is 4.21 Å². The molecule has 1 saturated heterocycles. The fourth-order valence-electron chi connectivity index (χ4n) is 2.28. The van der Waals surface area contributed by atoms with Crippen LogP contribution in [-0.4, -0.2) is 34.7 Å². The molecule has 0 spiro atoms. The van der Waals surface area contributed by atoms with Crippen LogP contribution in [0.5, 0.6) is 0 Å². The van der Waals surface area contributed by atoms with Gasteiger partial charge in [-0.1, -0.05) is 11.6 Å². The molecule has 0 atom stereocenters. The Hall–Kier alpha value is -0.800. The van der Waals surface area contributed by atoms with Crippen molar-refractivity contribution >= 4 is 60.3 Å². The summed E-state index contributed by atoms with van der Waals surface area (Å²) in [5.74, 6) is 0. The van der Waals surface area contributed by atoms with E-state index < -0.39 is 10.0 Å². The van der Waals surface area contributed by atoms with Crippen LogP contribution in [0.4, 0.5) is 11.4 Å². The Kier molecular flexibility index (Phi) is 5.17. The first-order valence-electron chi connectivity index (χ1n) is 6.86. The van der Waals surface area contributed by atoms with E-state index in [9.17, 15) is 8.42 Å². The zero-order chi connectivity index (χ0) is 16.4. The fraction of sp³-hybridized carbons (Fsp3) is 0.286. The summed E-state index contributed by atoms with van der Waals surface area (Å²) in [6, 6.07) is 8.44. The first-order valence-corrected chi connectivity index (χ1v) is 10.3. The number of hydrogen-bond acceptors (Lipinski definition) is 5. The van der Waals surface area contributed by atoms with Gasteiger partial charge in [-0.05, 0) is 46.3 Å². The lowest BCUT2D eigenvalue weighted by Gasteiger charge is -2.29. The topological polar surface area (TPSA) is 58.6 Å². The van der Waals surface area contributed by atoms with Crippen molar-refractivity contribution in [2.45, 2.75) is 4.21 Å². The van der Waals surface area contributed by atoms with E-state index in [0.717, 1.165) is 33.9 Å². The molecule has 2 heterocycles. The molecule has 0 unspecified atom stereocenters. The van der Waals surface area contributed by atoms with E-state index in [2.05, 4.69) is 25.6 Å². The lowest BCUT2D eigenvalue weighted by molar-refractivity contribution is 0.122. The van der Waals surface area contributed by atoms with Crippen LogP contribution in [0, 0.1) is 0 Å². The van der Waals surface area contributed by atoms with Crippen molar-refractivity contribution < 1.29 is 13.2 Å². The molecule has 2 aromatic rings. The van der Waals surface area contributed by atoms with Crippen LogP contribution >= 0.6 is 38.9 Å². The highest BCUT2D eigenvalue weighted by Gasteiger charge is 2.18. The quantitative estimate of drug-likeness (QED) is 0.790. The molecule has 0 bridgehead atoms. The standard InChI is InChI=1S/C14H14BrClN2O3S2/c15-13-3-4-14(22-13)23(19,20)17-10-1-2-12(11(16)9-10)18-5-7-21-8-6-18/h1-4,9,17H,5-8H2. The van der Waals surface area contributed by atoms with Crippen molar-refractivity contribution in [2.75, 3.05) is 35.9 Å². The Morgan fingerprint density at radius 1 is 1.22 bits per heavy atom. The van der Waals surface area contributed by atoms with E-state index in [4.69, 9.17) is 16.3 Å². The van der Waals surface area contributed by atoms with Gasteiger partial charge in [-0.25, -0.2) is 8.42 Å². The largest absolute Gasteiger partial charge is 0.378 e. The van der Waals surface area contributed by atoms with Crippen LogP contribution < -0.4 is 9.62 Å². The molecule has 1 aromatic heterocycles. The Morgan fingerprint density at radius 3 is 2.57 bits per heavy atom. The number of morpholine rings is 1. The van der Waals surface area contributed by atoms with E-state index in [1.54, 1.807) is 24.3 Å². The molecule has 124 valence electrons. The second-order valence-electron chi connectivity index (χ2n) is 4.93. The summed E-state index contributed by atoms with van der Waals surface area (Å²) in [6.45, 7) is 2.87. The molecular formula is C14H14BrClN2O3S2. The van der Waals surface area contributed by atoms with Gasteiger partial charge in [-0.2, -0.15) is 0 Å². The fourth-order valence-corrected chi connectivity index (χ4v) is 5.64. The molecule has 3 rings (SSSR count). The summed E-state index contributed by atoms with van der Waals surface area (Å²) in [5.41, 5.74) is 1.33. The molecule has 1 N–H and O–H groups in total. The maximum atomic E-state index is 12.3. The number of ether oxygens (including phenoxy) is 1. The first kappa shape index (κ1) is 17.0. The van der Waals surface area contributed by atoms with Gasteiger partial charge in [0.2, 0.25) is 0 Å². The van der Waals surface area contributed by atoms with E-state index in [1.807, 2.05) is 6.07 Å². The van der Waals surface area contributed by atoms with E-state index >= 15 is 0 Å². The molecule has 1 aliphatic heterocycles. The third kappa shape index (κ3) is 4.00. The normalized spacial score (nSPS) is 15.7. The van der Waals surface area contributed by atoms with Gasteiger partial charge in [-0.3, -0.25) is 4.72 Å². The number of rotatable bonds is 4. The lowest BCUT2D eigenvalue weighted by Crippen LogP contribution is -2.36. The number of sulfonamides is 1. The summed E-state index contributed by atoms with van der Waals surface area (Å²) < 4.78 is 33.5. The van der Waals surface area contributed by atoms with Crippen LogP contribution in [0.25, 0.3) is 0 Å². The lowest BCUT2D eigenvalue weighted by atomic mass is 10.2. The van der Waals surface area contributed by atoms with Crippen molar-refractivity contribution in [2.24, 2.45) is 0 Å². The van der Waals surface area contributed by atoms with Crippen LogP contribution in [0.2, 0.25) is 5.02 Å². The zero-order valence-electron chi connectivity index (χ0n) is 12.0. The molecular weight excluding hydrogens is 424 g/mol. The summed E-state index contributed by atoms with van der Waals surface area (Å²) in [6.07, 6.45) is 0. The molecule has 0 amide bonds. The predicted molar refractivity (Wildman–Crippen MR) is 97.3 cm³/mol. The molecule has 5 nitrogen and oxygen atoms in total. The molecule has 1 aromatic carbocycles. The molecule has 0 radical (unpaired) electrons. The van der Waals surface area contributed by atoms with Gasteiger partial charge in [0.1, 0.15) is 4.21 Å². The molecule has 0 aliphatic carbocycles. The van der Waals surface area contributed by atoms with Crippen LogP contribution in [0.15, 0.2) is 38.3 Å². The number of anilines is 2. The summed E-state index contributed by atoms with van der Waals surface area (Å²) in [4.78, 5) is 2.13. The highest BCUT2D eigenvalue weighted by molar-refractivity contribution is 9.11. The second-order valence-corrected chi connectivity index (χ2v) is 9.71. The number of halogens is 2. The number of hydrogen-bond donors (Lipinski definition) is 1. The van der Waals surface area contributed by atoms with Gasteiger partial charge < -0.3 is 9.64 Å². The summed E-state index contributed by atoms with van der Waals surface area (Å²) in [5, 5.41) is 0.513. The van der Waals surface area contributed by atoms with Crippen molar-refractivity contribution in [3.63, 3.8) is 0 Å². The monoisotopic (exact) mass is 436 g/mol. The number of benzene rings is 1. The summed E-state index contributed by atoms with van der Waals surface area (Å²) in [7, 11) is -3.60. The predicted octanol–water partition coefficient (Wildman–Crippen LogP) is 3.80. The Bertz CT molecular complexity index is 804. The second kappa shape index (κ2) is 6.98. The van der Waals surface area contributed by atoms with Crippen LogP contribution in [0.1, 0.15) is 0 Å². The van der Waals surface area contributed by atoms with Gasteiger partial charge >= 0.3 is 0 Å². The third-order valence-electron chi connectivity index (χ3n) is 3.37. The van der Waals surface area contributed by atoms with Crippen LogP contribution in [-0.2, 0) is 14.8 Å².